The fourth-order valence-corrected chi connectivity index (χ4v) is 8.75. The molecule has 1 atom stereocenters. The van der Waals surface area contributed by atoms with Crippen LogP contribution in [-0.2, 0) is 38.7 Å². The van der Waals surface area contributed by atoms with Crippen molar-refractivity contribution in [3.8, 4) is 21.6 Å². The zero-order valence-corrected chi connectivity index (χ0v) is 29.6. The molecule has 10 nitrogen and oxygen atoms in total. The summed E-state index contributed by atoms with van der Waals surface area (Å²) in [5, 5.41) is 16.0. The van der Waals surface area contributed by atoms with Gasteiger partial charge in [0.15, 0.2) is 9.84 Å². The van der Waals surface area contributed by atoms with E-state index in [4.69, 9.17) is 5.73 Å². The van der Waals surface area contributed by atoms with Crippen molar-refractivity contribution in [2.24, 2.45) is 5.73 Å². The average molecular weight is 723 g/mol. The van der Waals surface area contributed by atoms with E-state index in [-0.39, 0.29) is 18.9 Å². The largest absolute Gasteiger partial charge is 0.370 e. The second-order valence-corrected chi connectivity index (χ2v) is 15.5. The summed E-state index contributed by atoms with van der Waals surface area (Å²) < 4.78 is 22.3. The number of aryl methyl sites for hydroxylation is 1. The number of allylic oxidation sites excluding steroid dienone is 3. The Morgan fingerprint density at radius 3 is 2.47 bits per heavy atom. The number of hydrogen-bond donors (Lipinski definition) is 4. The van der Waals surface area contributed by atoms with Crippen molar-refractivity contribution in [3.63, 3.8) is 0 Å². The number of carbonyl (C=O) groups excluding carboxylic acids is 3. The predicted molar refractivity (Wildman–Crippen MR) is 202 cm³/mol. The van der Waals surface area contributed by atoms with Crippen LogP contribution in [0.25, 0.3) is 33.2 Å². The standard InChI is InChI=1S/C32H29N3O3S.C7H9NO3S/c1-33-31(36)19-34-32(37)35(38)24-7-4-6-22(18-24)29-15-16-30(39-29)23-11-12-26-21(17-23)10-14-27-25-8-3-2-5-20(25)9-13-28(26)27;8-7(9)5-6-3-1-2-4-12(6,10)11/h2-8,10,14-18,38H,9,11-13,19H2,1H3,(H,33,36)(H,34,37);1-4,6H,5H2,(H2,8,9). The van der Waals surface area contributed by atoms with Crippen molar-refractivity contribution >= 4 is 56.4 Å². The third-order valence-electron chi connectivity index (χ3n) is 9.09. The number of carbonyl (C=O) groups is 3. The number of nitrogens with one attached hydrogen (secondary N) is 2. The number of likely N-dealkylation sites (N-methyl/N-ethyl adjacent to an activating group) is 1. The molecule has 5 N–H and O–H groups in total. The molecular formula is C39H38N4O6S2. The lowest BCUT2D eigenvalue weighted by molar-refractivity contribution is -0.119. The Kier molecular flexibility index (Phi) is 10.7. The van der Waals surface area contributed by atoms with Crippen LogP contribution in [0.3, 0.4) is 0 Å². The molecular weight excluding hydrogens is 685 g/mol. The molecule has 0 radical (unpaired) electrons. The Balaban J connectivity index is 0.000000318. The first-order chi connectivity index (χ1) is 24.5. The number of sulfone groups is 1. The highest BCUT2D eigenvalue weighted by Gasteiger charge is 2.24. The van der Waals surface area contributed by atoms with Crippen LogP contribution in [0.5, 0.6) is 0 Å². The number of thiophene rings is 1. The van der Waals surface area contributed by atoms with E-state index in [9.17, 15) is 28.0 Å². The van der Waals surface area contributed by atoms with Crippen LogP contribution in [0.4, 0.5) is 10.5 Å². The molecule has 2 heterocycles. The van der Waals surface area contributed by atoms with Gasteiger partial charge in [-0.05, 0) is 94.5 Å². The summed E-state index contributed by atoms with van der Waals surface area (Å²) in [6.07, 6.45) is 10.9. The van der Waals surface area contributed by atoms with Crippen LogP contribution in [0.1, 0.15) is 40.0 Å². The number of hydroxylamine groups is 1. The maximum atomic E-state index is 12.3. The highest BCUT2D eigenvalue weighted by molar-refractivity contribution is 7.95. The van der Waals surface area contributed by atoms with E-state index in [2.05, 4.69) is 65.2 Å². The van der Waals surface area contributed by atoms with Crippen molar-refractivity contribution in [2.45, 2.75) is 37.4 Å². The Bertz CT molecular complexity index is 2200. The first-order valence-electron chi connectivity index (χ1n) is 16.5. The molecule has 3 aliphatic rings. The summed E-state index contributed by atoms with van der Waals surface area (Å²) in [5.74, 6) is -0.954. The molecule has 4 aromatic rings. The van der Waals surface area contributed by atoms with Crippen LogP contribution < -0.4 is 21.4 Å². The van der Waals surface area contributed by atoms with E-state index >= 15 is 0 Å². The fraction of sp³-hybridized carbons (Fsp3) is 0.205. The minimum absolute atomic E-state index is 0.150. The van der Waals surface area contributed by atoms with E-state index in [0.717, 1.165) is 41.5 Å². The van der Waals surface area contributed by atoms with Crippen molar-refractivity contribution < 1.29 is 28.0 Å². The summed E-state index contributed by atoms with van der Waals surface area (Å²) >= 11 is 1.71. The molecule has 4 amide bonds. The first-order valence-corrected chi connectivity index (χ1v) is 19.0. The SMILES string of the molecule is CNC(=O)CNC(=O)N(O)c1cccc(-c2ccc(C3=Cc4ccc5c(c4CC3)CCc3ccccc3-5)s2)c1.NC(=O)CC1C=CC=CS1(=O)=O. The average Bonchev–Trinajstić information content (AvgIpc) is 3.64. The quantitative estimate of drug-likeness (QED) is 0.134. The molecule has 1 aliphatic heterocycles. The lowest BCUT2D eigenvalue weighted by Gasteiger charge is -2.26. The van der Waals surface area contributed by atoms with Crippen LogP contribution >= 0.6 is 11.3 Å². The molecule has 1 aromatic heterocycles. The van der Waals surface area contributed by atoms with E-state index in [1.54, 1.807) is 35.6 Å². The van der Waals surface area contributed by atoms with Crippen LogP contribution in [-0.4, -0.2) is 50.3 Å². The van der Waals surface area contributed by atoms with Gasteiger partial charge >= 0.3 is 6.03 Å². The summed E-state index contributed by atoms with van der Waals surface area (Å²) in [7, 11) is -1.80. The van der Waals surface area contributed by atoms with Gasteiger partial charge in [0.25, 0.3) is 0 Å². The second-order valence-electron chi connectivity index (χ2n) is 12.4. The van der Waals surface area contributed by atoms with E-state index in [0.29, 0.717) is 10.8 Å². The molecule has 3 aromatic carbocycles. The van der Waals surface area contributed by atoms with Gasteiger partial charge in [-0.1, -0.05) is 72.8 Å². The van der Waals surface area contributed by atoms with E-state index in [1.165, 1.54) is 63.0 Å². The van der Waals surface area contributed by atoms with Crippen molar-refractivity contribution in [2.75, 3.05) is 18.7 Å². The lowest BCUT2D eigenvalue weighted by Crippen LogP contribution is -2.42. The number of amides is 4. The van der Waals surface area contributed by atoms with Gasteiger partial charge in [0.05, 0.1) is 17.5 Å². The molecule has 0 spiro atoms. The third kappa shape index (κ3) is 8.04. The molecule has 2 aliphatic carbocycles. The zero-order chi connectivity index (χ0) is 36.1. The summed E-state index contributed by atoms with van der Waals surface area (Å²) in [6, 6.07) is 24.0. The number of rotatable bonds is 7. The van der Waals surface area contributed by atoms with Gasteiger partial charge in [0.2, 0.25) is 11.8 Å². The Hall–Kier alpha value is -5.30. The molecule has 0 saturated carbocycles. The van der Waals surface area contributed by atoms with Crippen molar-refractivity contribution in [1.82, 2.24) is 10.6 Å². The molecule has 7 rings (SSSR count). The fourth-order valence-electron chi connectivity index (χ4n) is 6.48. The van der Waals surface area contributed by atoms with Crippen LogP contribution in [0.15, 0.2) is 96.4 Å². The maximum Gasteiger partial charge on any atom is 0.346 e. The van der Waals surface area contributed by atoms with Gasteiger partial charge in [0.1, 0.15) is 0 Å². The second kappa shape index (κ2) is 15.3. The normalized spacial score (nSPS) is 16.3. The Morgan fingerprint density at radius 2 is 1.69 bits per heavy atom. The van der Waals surface area contributed by atoms with Crippen LogP contribution in [0, 0.1) is 0 Å². The topological polar surface area (TPSA) is 159 Å². The van der Waals surface area contributed by atoms with E-state index < -0.39 is 27.0 Å². The molecule has 0 bridgehead atoms. The number of anilines is 1. The summed E-state index contributed by atoms with van der Waals surface area (Å²) in [6.45, 7) is -0.214. The molecule has 0 fully saturated rings. The summed E-state index contributed by atoms with van der Waals surface area (Å²) in [5.41, 5.74) is 16.0. The number of fused-ring (bicyclic) bond motifs is 5. The molecule has 12 heteroatoms. The smallest absolute Gasteiger partial charge is 0.346 e. The Labute approximate surface area is 300 Å². The first kappa shape index (κ1) is 35.5. The van der Waals surface area contributed by atoms with Gasteiger partial charge in [0, 0.05) is 28.6 Å². The minimum Gasteiger partial charge on any atom is -0.370 e. The molecule has 0 saturated heterocycles. The number of nitrogens with two attached hydrogens (primary N) is 1. The number of primary amides is 1. The van der Waals surface area contributed by atoms with E-state index in [1.807, 2.05) is 6.07 Å². The Morgan fingerprint density at radius 1 is 0.902 bits per heavy atom. The predicted octanol–water partition coefficient (Wildman–Crippen LogP) is 6.05. The number of benzene rings is 3. The lowest BCUT2D eigenvalue weighted by atomic mass is 9.78. The van der Waals surface area contributed by atoms with Gasteiger partial charge in [-0.25, -0.2) is 13.2 Å². The number of urea groups is 1. The highest BCUT2D eigenvalue weighted by Crippen LogP contribution is 2.42. The molecule has 262 valence electrons. The van der Waals surface area contributed by atoms with Gasteiger partial charge < -0.3 is 16.4 Å². The highest BCUT2D eigenvalue weighted by atomic mass is 32.2. The van der Waals surface area contributed by atoms with Crippen molar-refractivity contribution in [3.05, 3.63) is 124 Å². The summed E-state index contributed by atoms with van der Waals surface area (Å²) in [4.78, 5) is 36.4. The maximum absolute atomic E-state index is 12.3. The third-order valence-corrected chi connectivity index (χ3v) is 12.0. The van der Waals surface area contributed by atoms with Gasteiger partial charge in [-0.15, -0.1) is 11.3 Å². The van der Waals surface area contributed by atoms with Crippen LogP contribution in [0.2, 0.25) is 0 Å². The van der Waals surface area contributed by atoms with Crippen molar-refractivity contribution in [1.29, 1.82) is 0 Å². The zero-order valence-electron chi connectivity index (χ0n) is 28.0. The number of hydrogen-bond acceptors (Lipinski definition) is 7. The van der Waals surface area contributed by atoms with Gasteiger partial charge in [-0.2, -0.15) is 5.06 Å². The monoisotopic (exact) mass is 722 g/mol. The minimum atomic E-state index is -3.29. The molecule has 1 unspecified atom stereocenters. The molecule has 51 heavy (non-hydrogen) atoms. The van der Waals surface area contributed by atoms with Gasteiger partial charge in [-0.3, -0.25) is 14.8 Å². The number of nitrogens with zero attached hydrogens (tertiary/aromatic N) is 1.